The van der Waals surface area contributed by atoms with E-state index in [1.165, 1.54) is 9.47 Å². The van der Waals surface area contributed by atoms with E-state index in [4.69, 9.17) is 10.5 Å². The third-order valence-electron chi connectivity index (χ3n) is 4.69. The van der Waals surface area contributed by atoms with Gasteiger partial charge in [-0.05, 0) is 27.2 Å². The van der Waals surface area contributed by atoms with E-state index >= 15 is 0 Å². The summed E-state index contributed by atoms with van der Waals surface area (Å²) in [7, 11) is 0. The van der Waals surface area contributed by atoms with Crippen molar-refractivity contribution >= 4 is 17.4 Å². The Morgan fingerprint density at radius 3 is 2.44 bits per heavy atom. The predicted octanol–water partition coefficient (Wildman–Crippen LogP) is 0.381. The number of H-pyrrole nitrogens is 1. The molecule has 0 saturated carbocycles. The molecular formula is C18H31N5O4. The quantitative estimate of drug-likeness (QED) is 0.706. The summed E-state index contributed by atoms with van der Waals surface area (Å²) < 4.78 is 7.02. The number of nitrogens with zero attached hydrogens (tertiary/aromatic N) is 3. The highest BCUT2D eigenvalue weighted by Crippen LogP contribution is 2.18. The van der Waals surface area contributed by atoms with Crippen LogP contribution in [0.3, 0.4) is 0 Å². The number of carbonyl (C=O) groups excluding carboxylic acids is 1. The van der Waals surface area contributed by atoms with Gasteiger partial charge in [0.05, 0.1) is 18.8 Å². The molecule has 2 unspecified atom stereocenters. The third-order valence-corrected chi connectivity index (χ3v) is 4.69. The van der Waals surface area contributed by atoms with Crippen molar-refractivity contribution in [2.24, 2.45) is 0 Å². The Morgan fingerprint density at radius 2 is 1.89 bits per heavy atom. The van der Waals surface area contributed by atoms with Gasteiger partial charge in [0.15, 0.2) is 5.69 Å². The van der Waals surface area contributed by atoms with Crippen LogP contribution in [-0.2, 0) is 16.1 Å². The number of aromatic amines is 1. The Labute approximate surface area is 159 Å². The van der Waals surface area contributed by atoms with E-state index in [0.717, 1.165) is 12.8 Å². The van der Waals surface area contributed by atoms with Crippen LogP contribution in [0.4, 0.5) is 11.5 Å². The molecule has 0 aliphatic carbocycles. The van der Waals surface area contributed by atoms with E-state index in [1.54, 1.807) is 6.92 Å². The van der Waals surface area contributed by atoms with Crippen LogP contribution < -0.4 is 21.9 Å². The van der Waals surface area contributed by atoms with Crippen molar-refractivity contribution in [1.29, 1.82) is 0 Å². The van der Waals surface area contributed by atoms with Crippen LogP contribution in [0.15, 0.2) is 9.59 Å². The molecule has 0 aromatic carbocycles. The molecule has 1 aromatic rings. The lowest BCUT2D eigenvalue weighted by molar-refractivity contribution is -0.123. The average Bonchev–Trinajstić information content (AvgIpc) is 2.57. The fourth-order valence-corrected chi connectivity index (χ4v) is 3.53. The zero-order chi connectivity index (χ0) is 20.1. The van der Waals surface area contributed by atoms with Crippen LogP contribution in [0, 0.1) is 0 Å². The molecule has 0 spiro atoms. The minimum absolute atomic E-state index is 0.0381. The van der Waals surface area contributed by atoms with Gasteiger partial charge in [0, 0.05) is 26.2 Å². The van der Waals surface area contributed by atoms with Crippen LogP contribution in [0.25, 0.3) is 0 Å². The zero-order valence-corrected chi connectivity index (χ0v) is 16.7. The first-order chi connectivity index (χ1) is 12.8. The Bertz CT molecular complexity index is 762. The maximum Gasteiger partial charge on any atom is 0.330 e. The van der Waals surface area contributed by atoms with Crippen LogP contribution in [-0.4, -0.2) is 58.7 Å². The molecule has 1 aliphatic heterocycles. The monoisotopic (exact) mass is 381 g/mol. The van der Waals surface area contributed by atoms with Crippen molar-refractivity contribution in [3.05, 3.63) is 20.8 Å². The number of anilines is 2. The van der Waals surface area contributed by atoms with Gasteiger partial charge in [0.2, 0.25) is 5.91 Å². The van der Waals surface area contributed by atoms with Gasteiger partial charge in [0.25, 0.3) is 5.56 Å². The molecule has 9 nitrogen and oxygen atoms in total. The van der Waals surface area contributed by atoms with E-state index in [0.29, 0.717) is 19.6 Å². The van der Waals surface area contributed by atoms with Gasteiger partial charge < -0.3 is 15.4 Å². The first-order valence-electron chi connectivity index (χ1n) is 9.59. The van der Waals surface area contributed by atoms with Gasteiger partial charge in [0.1, 0.15) is 5.82 Å². The Hall–Kier alpha value is -2.13. The SMILES string of the molecule is CCCCn1c(N)c(N(CC)C(=O)CN2CC(C)OC(C)C2)c(=O)[nH]c1=O. The second kappa shape index (κ2) is 9.18. The van der Waals surface area contributed by atoms with Crippen LogP contribution >= 0.6 is 0 Å². The second-order valence-corrected chi connectivity index (χ2v) is 7.09. The summed E-state index contributed by atoms with van der Waals surface area (Å²) in [4.78, 5) is 43.1. The van der Waals surface area contributed by atoms with Gasteiger partial charge in [-0.1, -0.05) is 13.3 Å². The summed E-state index contributed by atoms with van der Waals surface area (Å²) in [5.74, 6) is -0.187. The molecule has 1 saturated heterocycles. The van der Waals surface area contributed by atoms with Crippen molar-refractivity contribution < 1.29 is 9.53 Å². The fourth-order valence-electron chi connectivity index (χ4n) is 3.53. The molecule has 1 aromatic heterocycles. The Kier molecular flexibility index (Phi) is 7.20. The smallest absolute Gasteiger partial charge is 0.330 e. The van der Waals surface area contributed by atoms with E-state index in [9.17, 15) is 14.4 Å². The number of morpholine rings is 1. The lowest BCUT2D eigenvalue weighted by Crippen LogP contribution is -2.51. The molecule has 1 amide bonds. The first-order valence-corrected chi connectivity index (χ1v) is 9.59. The molecule has 1 fully saturated rings. The van der Waals surface area contributed by atoms with Gasteiger partial charge in [-0.25, -0.2) is 4.79 Å². The highest BCUT2D eigenvalue weighted by molar-refractivity contribution is 5.96. The van der Waals surface area contributed by atoms with Crippen LogP contribution in [0.5, 0.6) is 0 Å². The number of nitrogens with one attached hydrogen (secondary N) is 1. The topological polar surface area (TPSA) is 114 Å². The number of aromatic nitrogens is 2. The van der Waals surface area contributed by atoms with Crippen molar-refractivity contribution in [3.8, 4) is 0 Å². The number of amides is 1. The Morgan fingerprint density at radius 1 is 1.26 bits per heavy atom. The van der Waals surface area contributed by atoms with E-state index in [2.05, 4.69) is 4.98 Å². The highest BCUT2D eigenvalue weighted by atomic mass is 16.5. The van der Waals surface area contributed by atoms with Gasteiger partial charge >= 0.3 is 5.69 Å². The van der Waals surface area contributed by atoms with Crippen LogP contribution in [0.1, 0.15) is 40.5 Å². The molecule has 3 N–H and O–H groups in total. The number of rotatable bonds is 7. The number of nitrogen functional groups attached to an aromatic ring is 1. The number of likely N-dealkylation sites (N-methyl/N-ethyl adjacent to an activating group) is 1. The summed E-state index contributed by atoms with van der Waals surface area (Å²) in [5, 5.41) is 0. The average molecular weight is 381 g/mol. The number of ether oxygens (including phenoxy) is 1. The van der Waals surface area contributed by atoms with Gasteiger partial charge in [-0.3, -0.25) is 24.0 Å². The van der Waals surface area contributed by atoms with E-state index < -0.39 is 11.2 Å². The molecule has 152 valence electrons. The maximum atomic E-state index is 12.9. The van der Waals surface area contributed by atoms with Crippen molar-refractivity contribution in [1.82, 2.24) is 14.5 Å². The number of hydrogen-bond donors (Lipinski definition) is 2. The standard InChI is InChI=1S/C18H31N5O4/c1-5-7-8-23-16(19)15(17(25)20-18(23)26)22(6-2)14(24)11-21-9-12(3)27-13(4)10-21/h12-13H,5-11,19H2,1-4H3,(H,20,25,26). The van der Waals surface area contributed by atoms with Crippen molar-refractivity contribution in [3.63, 3.8) is 0 Å². The second-order valence-electron chi connectivity index (χ2n) is 7.09. The molecule has 0 bridgehead atoms. The molecule has 9 heteroatoms. The molecule has 2 atom stereocenters. The largest absolute Gasteiger partial charge is 0.383 e. The third kappa shape index (κ3) is 4.98. The first kappa shape index (κ1) is 21.2. The molecule has 2 heterocycles. The zero-order valence-electron chi connectivity index (χ0n) is 16.7. The fraction of sp³-hybridized carbons (Fsp3) is 0.722. The molecule has 2 rings (SSSR count). The van der Waals surface area contributed by atoms with Crippen molar-refractivity contribution in [2.45, 2.75) is 59.3 Å². The molecule has 1 aliphatic rings. The van der Waals surface area contributed by atoms with E-state index in [-0.39, 0.29) is 42.7 Å². The number of carbonyl (C=O) groups is 1. The normalized spacial score (nSPS) is 20.6. The number of hydrogen-bond acceptors (Lipinski definition) is 6. The number of nitrogens with two attached hydrogens (primary N) is 1. The molecule has 0 radical (unpaired) electrons. The van der Waals surface area contributed by atoms with Gasteiger partial charge in [-0.2, -0.15) is 0 Å². The summed E-state index contributed by atoms with van der Waals surface area (Å²) in [6, 6.07) is 0. The maximum absolute atomic E-state index is 12.9. The summed E-state index contributed by atoms with van der Waals surface area (Å²) in [5.41, 5.74) is 5.00. The predicted molar refractivity (Wildman–Crippen MR) is 105 cm³/mol. The van der Waals surface area contributed by atoms with Gasteiger partial charge in [-0.15, -0.1) is 0 Å². The number of unbranched alkanes of at least 4 members (excludes halogenated alkanes) is 1. The highest BCUT2D eigenvalue weighted by Gasteiger charge is 2.28. The summed E-state index contributed by atoms with van der Waals surface area (Å²) >= 11 is 0. The molecule has 27 heavy (non-hydrogen) atoms. The van der Waals surface area contributed by atoms with Crippen molar-refractivity contribution in [2.75, 3.05) is 36.8 Å². The summed E-state index contributed by atoms with van der Waals surface area (Å²) in [6.07, 6.45) is 1.71. The lowest BCUT2D eigenvalue weighted by Gasteiger charge is -2.35. The Balaban J connectivity index is 2.29. The molecular weight excluding hydrogens is 350 g/mol. The summed E-state index contributed by atoms with van der Waals surface area (Å²) in [6.45, 7) is 9.86. The lowest BCUT2D eigenvalue weighted by atomic mass is 10.2. The van der Waals surface area contributed by atoms with E-state index in [1.807, 2.05) is 25.7 Å². The van der Waals surface area contributed by atoms with Crippen LogP contribution in [0.2, 0.25) is 0 Å². The minimum Gasteiger partial charge on any atom is -0.383 e. The minimum atomic E-state index is -0.635.